The third-order valence-corrected chi connectivity index (χ3v) is 7.15. The maximum atomic E-state index is 14.9. The van der Waals surface area contributed by atoms with Gasteiger partial charge in [-0.3, -0.25) is 0 Å². The molecule has 0 radical (unpaired) electrons. The first-order valence-electron chi connectivity index (χ1n) is 13.1. The normalized spacial score (nSPS) is 18.5. The van der Waals surface area contributed by atoms with Gasteiger partial charge in [0.25, 0.3) is 0 Å². The van der Waals surface area contributed by atoms with Crippen LogP contribution in [0, 0.1) is 29.3 Å². The standard InChI is InChI=1S/C30H39F3O/c1-3-5-7-9-22-10-12-23(13-11-22)14-15-24-16-18-26(30(33)29(24)32)25-17-19-28(27(31)21-25)34-20-8-6-4-2/h6,8,16-19,21-23H,3-5,7,9-15,20H2,1-2H3/b8-6+. The third-order valence-electron chi connectivity index (χ3n) is 7.15. The van der Waals surface area contributed by atoms with Crippen LogP contribution < -0.4 is 4.74 Å². The maximum Gasteiger partial charge on any atom is 0.166 e. The number of hydrogen-bond acceptors (Lipinski definition) is 1. The van der Waals surface area contributed by atoms with Crippen molar-refractivity contribution < 1.29 is 17.9 Å². The lowest BCUT2D eigenvalue weighted by Crippen LogP contribution is -2.15. The van der Waals surface area contributed by atoms with Crippen molar-refractivity contribution in [3.8, 4) is 16.9 Å². The van der Waals surface area contributed by atoms with E-state index in [0.717, 1.165) is 18.8 Å². The van der Waals surface area contributed by atoms with E-state index >= 15 is 0 Å². The first kappa shape index (κ1) is 26.4. The van der Waals surface area contributed by atoms with Gasteiger partial charge in [-0.1, -0.05) is 95.6 Å². The van der Waals surface area contributed by atoms with Gasteiger partial charge in [0.2, 0.25) is 0 Å². The van der Waals surface area contributed by atoms with Gasteiger partial charge in [-0.25, -0.2) is 13.2 Å². The zero-order valence-corrected chi connectivity index (χ0v) is 20.7. The molecule has 4 heteroatoms. The lowest BCUT2D eigenvalue weighted by molar-refractivity contribution is 0.248. The minimum atomic E-state index is -0.906. The summed E-state index contributed by atoms with van der Waals surface area (Å²) in [6, 6.07) is 7.46. The highest BCUT2D eigenvalue weighted by Gasteiger charge is 2.22. The summed E-state index contributed by atoms with van der Waals surface area (Å²) in [6.45, 7) is 4.51. The molecule has 1 aliphatic rings. The van der Waals surface area contributed by atoms with E-state index in [1.165, 1.54) is 63.5 Å². The summed E-state index contributed by atoms with van der Waals surface area (Å²) in [7, 11) is 0. The molecule has 0 bridgehead atoms. The highest BCUT2D eigenvalue weighted by atomic mass is 19.2. The summed E-state index contributed by atoms with van der Waals surface area (Å²) >= 11 is 0. The average Bonchev–Trinajstić information content (AvgIpc) is 2.84. The second-order valence-corrected chi connectivity index (χ2v) is 9.66. The van der Waals surface area contributed by atoms with E-state index in [1.54, 1.807) is 18.2 Å². The van der Waals surface area contributed by atoms with E-state index in [9.17, 15) is 13.2 Å². The Morgan fingerprint density at radius 2 is 1.59 bits per heavy atom. The molecule has 186 valence electrons. The van der Waals surface area contributed by atoms with Crippen LogP contribution in [-0.2, 0) is 6.42 Å². The van der Waals surface area contributed by atoms with Crippen molar-refractivity contribution in [1.82, 2.24) is 0 Å². The largest absolute Gasteiger partial charge is 0.486 e. The molecule has 0 saturated heterocycles. The van der Waals surface area contributed by atoms with Crippen LogP contribution in [0.5, 0.6) is 5.75 Å². The fourth-order valence-corrected chi connectivity index (χ4v) is 5.01. The molecule has 2 aromatic rings. The van der Waals surface area contributed by atoms with Crippen molar-refractivity contribution in [3.05, 3.63) is 65.5 Å². The number of aryl methyl sites for hydroxylation is 1. The molecule has 0 aromatic heterocycles. The molecule has 0 heterocycles. The van der Waals surface area contributed by atoms with Crippen molar-refractivity contribution in [3.63, 3.8) is 0 Å². The summed E-state index contributed by atoms with van der Waals surface area (Å²) in [5.41, 5.74) is 0.790. The Balaban J connectivity index is 1.57. The van der Waals surface area contributed by atoms with Crippen LogP contribution in [-0.4, -0.2) is 6.61 Å². The smallest absolute Gasteiger partial charge is 0.166 e. The van der Waals surface area contributed by atoms with Crippen LogP contribution in [0.15, 0.2) is 42.5 Å². The third kappa shape index (κ3) is 7.38. The molecule has 0 atom stereocenters. The monoisotopic (exact) mass is 472 g/mol. The number of halogens is 3. The van der Waals surface area contributed by atoms with E-state index < -0.39 is 17.5 Å². The highest BCUT2D eigenvalue weighted by molar-refractivity contribution is 5.65. The number of unbranched alkanes of at least 4 members (excludes halogenated alkanes) is 2. The Labute approximate surface area is 203 Å². The number of ether oxygens (including phenoxy) is 1. The fraction of sp³-hybridized carbons (Fsp3) is 0.533. The van der Waals surface area contributed by atoms with E-state index in [-0.39, 0.29) is 17.9 Å². The highest BCUT2D eigenvalue weighted by Crippen LogP contribution is 2.35. The van der Waals surface area contributed by atoms with Crippen LogP contribution in [0.3, 0.4) is 0 Å². The molecule has 1 fully saturated rings. The second-order valence-electron chi connectivity index (χ2n) is 9.66. The summed E-state index contributed by atoms with van der Waals surface area (Å²) in [6.07, 6.45) is 16.3. The van der Waals surface area contributed by atoms with Gasteiger partial charge < -0.3 is 4.74 Å². The topological polar surface area (TPSA) is 9.23 Å². The van der Waals surface area contributed by atoms with Gasteiger partial charge in [-0.15, -0.1) is 0 Å². The van der Waals surface area contributed by atoms with Crippen LogP contribution in [0.25, 0.3) is 11.1 Å². The molecule has 0 unspecified atom stereocenters. The van der Waals surface area contributed by atoms with Gasteiger partial charge in [0, 0.05) is 5.56 Å². The number of rotatable bonds is 12. The lowest BCUT2D eigenvalue weighted by Gasteiger charge is -2.28. The summed E-state index contributed by atoms with van der Waals surface area (Å²) in [5.74, 6) is -0.759. The molecule has 2 aromatic carbocycles. The van der Waals surface area contributed by atoms with Gasteiger partial charge in [0.1, 0.15) is 6.61 Å². The van der Waals surface area contributed by atoms with Crippen LogP contribution in [0.1, 0.15) is 83.6 Å². The Hall–Kier alpha value is -2.23. The van der Waals surface area contributed by atoms with Crippen molar-refractivity contribution in [1.29, 1.82) is 0 Å². The second kappa shape index (κ2) is 13.6. The Bertz CT molecular complexity index is 929. The summed E-state index contributed by atoms with van der Waals surface area (Å²) < 4.78 is 49.6. The van der Waals surface area contributed by atoms with E-state index in [2.05, 4.69) is 6.92 Å². The molecular formula is C30H39F3O. The van der Waals surface area contributed by atoms with Crippen LogP contribution in [0.2, 0.25) is 0 Å². The van der Waals surface area contributed by atoms with E-state index in [0.29, 0.717) is 23.5 Å². The molecular weight excluding hydrogens is 433 g/mol. The van der Waals surface area contributed by atoms with Crippen molar-refractivity contribution in [2.75, 3.05) is 6.61 Å². The predicted molar refractivity (Wildman–Crippen MR) is 135 cm³/mol. The molecule has 0 aliphatic heterocycles. The van der Waals surface area contributed by atoms with Crippen molar-refractivity contribution >= 4 is 0 Å². The van der Waals surface area contributed by atoms with Crippen molar-refractivity contribution in [2.45, 2.75) is 84.5 Å². The molecule has 0 amide bonds. The van der Waals surface area contributed by atoms with Gasteiger partial charge >= 0.3 is 0 Å². The Kier molecular flexibility index (Phi) is 10.6. The summed E-state index contributed by atoms with van der Waals surface area (Å²) in [4.78, 5) is 0. The fourth-order valence-electron chi connectivity index (χ4n) is 5.01. The first-order valence-corrected chi connectivity index (χ1v) is 13.1. The number of benzene rings is 2. The quantitative estimate of drug-likeness (QED) is 0.221. The minimum absolute atomic E-state index is 0.0742. The van der Waals surface area contributed by atoms with Crippen LogP contribution in [0.4, 0.5) is 13.2 Å². The maximum absolute atomic E-state index is 14.9. The molecule has 34 heavy (non-hydrogen) atoms. The summed E-state index contributed by atoms with van der Waals surface area (Å²) in [5, 5.41) is 0. The van der Waals surface area contributed by atoms with Crippen molar-refractivity contribution in [2.24, 2.45) is 11.8 Å². The molecule has 1 aliphatic carbocycles. The Morgan fingerprint density at radius 1 is 0.853 bits per heavy atom. The lowest BCUT2D eigenvalue weighted by atomic mass is 9.77. The van der Waals surface area contributed by atoms with Gasteiger partial charge in [0.15, 0.2) is 23.2 Å². The van der Waals surface area contributed by atoms with E-state index in [4.69, 9.17) is 4.74 Å². The average molecular weight is 473 g/mol. The number of hydrogen-bond donors (Lipinski definition) is 0. The molecule has 3 rings (SSSR count). The molecule has 1 nitrogen and oxygen atoms in total. The first-order chi connectivity index (χ1) is 16.5. The Morgan fingerprint density at radius 3 is 2.26 bits per heavy atom. The zero-order valence-electron chi connectivity index (χ0n) is 20.7. The van der Waals surface area contributed by atoms with Crippen LogP contribution >= 0.6 is 0 Å². The van der Waals surface area contributed by atoms with Gasteiger partial charge in [0.05, 0.1) is 0 Å². The molecule has 0 N–H and O–H groups in total. The molecule has 0 spiro atoms. The van der Waals surface area contributed by atoms with Gasteiger partial charge in [-0.05, 0) is 54.4 Å². The van der Waals surface area contributed by atoms with Gasteiger partial charge in [-0.2, -0.15) is 0 Å². The number of allylic oxidation sites excluding steroid dienone is 1. The van der Waals surface area contributed by atoms with E-state index in [1.807, 2.05) is 19.1 Å². The minimum Gasteiger partial charge on any atom is -0.486 e. The SMILES string of the molecule is CC/C=C/COc1ccc(-c2ccc(CCC3CCC(CCCCC)CC3)c(F)c2F)cc1F. The zero-order chi connectivity index (χ0) is 24.3. The molecule has 1 saturated carbocycles. The predicted octanol–water partition coefficient (Wildman–Crippen LogP) is 9.44.